The number of aryl methyl sites for hydroxylation is 1. The van der Waals surface area contributed by atoms with E-state index in [4.69, 9.17) is 4.74 Å². The molecule has 3 aromatic rings. The molecule has 1 heterocycles. The molecule has 0 aliphatic heterocycles. The van der Waals surface area contributed by atoms with Crippen molar-refractivity contribution >= 4 is 0 Å². The lowest BCUT2D eigenvalue weighted by Gasteiger charge is -2.08. The number of pyridine rings is 1. The summed E-state index contributed by atoms with van der Waals surface area (Å²) in [4.78, 5) is 14.5. The molecule has 118 valence electrons. The molecule has 0 saturated heterocycles. The summed E-state index contributed by atoms with van der Waals surface area (Å²) < 4.78 is 18.5. The highest BCUT2D eigenvalue weighted by atomic mass is 19.1. The maximum Gasteiger partial charge on any atom is 0.266 e. The minimum Gasteiger partial charge on any atom is -0.457 e. The molecule has 0 fully saturated rings. The zero-order valence-corrected chi connectivity index (χ0v) is 12.8. The Morgan fingerprint density at radius 3 is 2.21 bits per heavy atom. The number of nitriles is 1. The number of halogens is 1. The molecule has 0 radical (unpaired) electrons. The summed E-state index contributed by atoms with van der Waals surface area (Å²) in [5.74, 6) is 0.769. The molecule has 4 nitrogen and oxygen atoms in total. The molecule has 1 aromatic heterocycles. The van der Waals surface area contributed by atoms with Gasteiger partial charge >= 0.3 is 0 Å². The normalized spacial score (nSPS) is 10.2. The van der Waals surface area contributed by atoms with E-state index in [1.54, 1.807) is 37.3 Å². The third-order valence-electron chi connectivity index (χ3n) is 3.49. The van der Waals surface area contributed by atoms with Crippen molar-refractivity contribution < 1.29 is 9.13 Å². The number of ether oxygens (including phenoxy) is 1. The van der Waals surface area contributed by atoms with E-state index in [0.717, 1.165) is 5.56 Å². The molecule has 3 rings (SSSR count). The van der Waals surface area contributed by atoms with Crippen LogP contribution in [0.25, 0.3) is 11.1 Å². The number of hydrogen-bond acceptors (Lipinski definition) is 3. The molecule has 0 aliphatic carbocycles. The van der Waals surface area contributed by atoms with Gasteiger partial charge in [0.15, 0.2) is 0 Å². The van der Waals surface area contributed by atoms with E-state index in [1.165, 1.54) is 24.3 Å². The van der Waals surface area contributed by atoms with Crippen molar-refractivity contribution in [3.8, 4) is 28.7 Å². The van der Waals surface area contributed by atoms with Crippen LogP contribution >= 0.6 is 0 Å². The molecule has 1 N–H and O–H groups in total. The predicted octanol–water partition coefficient (Wildman–Crippen LogP) is 4.15. The van der Waals surface area contributed by atoms with Gasteiger partial charge in [-0.15, -0.1) is 0 Å². The molecule has 24 heavy (non-hydrogen) atoms. The molecule has 0 bridgehead atoms. The summed E-state index contributed by atoms with van der Waals surface area (Å²) >= 11 is 0. The first-order valence-corrected chi connectivity index (χ1v) is 7.25. The van der Waals surface area contributed by atoms with Gasteiger partial charge in [-0.25, -0.2) is 4.39 Å². The first-order valence-electron chi connectivity index (χ1n) is 7.25. The van der Waals surface area contributed by atoms with E-state index < -0.39 is 5.56 Å². The van der Waals surface area contributed by atoms with Crippen LogP contribution in [0.15, 0.2) is 59.4 Å². The van der Waals surface area contributed by atoms with E-state index in [2.05, 4.69) is 4.98 Å². The number of nitrogens with zero attached hydrogens (tertiary/aromatic N) is 1. The Hall–Kier alpha value is -3.39. The predicted molar refractivity (Wildman–Crippen MR) is 88.4 cm³/mol. The number of benzene rings is 2. The van der Waals surface area contributed by atoms with Crippen LogP contribution in [0.2, 0.25) is 0 Å². The molecule has 0 atom stereocenters. The Morgan fingerprint density at radius 2 is 1.62 bits per heavy atom. The smallest absolute Gasteiger partial charge is 0.266 e. The van der Waals surface area contributed by atoms with E-state index in [9.17, 15) is 14.4 Å². The molecule has 2 aromatic carbocycles. The minimum atomic E-state index is -0.404. The SMILES string of the molecule is Cc1cc(-c2ccc(Oc3ccc(F)cc3)cc2)c(C#N)c(=O)[nH]1. The van der Waals surface area contributed by atoms with Crippen LogP contribution in [-0.2, 0) is 0 Å². The number of hydrogen-bond donors (Lipinski definition) is 1. The highest BCUT2D eigenvalue weighted by Gasteiger charge is 2.10. The van der Waals surface area contributed by atoms with Gasteiger partial charge in [0.05, 0.1) is 0 Å². The summed E-state index contributed by atoms with van der Waals surface area (Å²) in [5.41, 5.74) is 1.67. The second kappa shape index (κ2) is 6.39. The highest BCUT2D eigenvalue weighted by Crippen LogP contribution is 2.27. The Labute approximate surface area is 137 Å². The number of H-pyrrole nitrogens is 1. The summed E-state index contributed by atoms with van der Waals surface area (Å²) in [5, 5.41) is 9.20. The second-order valence-corrected chi connectivity index (χ2v) is 5.26. The average molecular weight is 320 g/mol. The molecule has 0 spiro atoms. The molecule has 0 saturated carbocycles. The molecule has 5 heteroatoms. The lowest BCUT2D eigenvalue weighted by atomic mass is 10.0. The van der Waals surface area contributed by atoms with Gasteiger partial charge in [0.2, 0.25) is 0 Å². The van der Waals surface area contributed by atoms with Crippen molar-refractivity contribution in [1.29, 1.82) is 5.26 Å². The average Bonchev–Trinajstić information content (AvgIpc) is 2.57. The number of aromatic amines is 1. The van der Waals surface area contributed by atoms with Crippen LogP contribution < -0.4 is 10.3 Å². The Morgan fingerprint density at radius 1 is 1.04 bits per heavy atom. The Bertz CT molecular complexity index is 968. The summed E-state index contributed by atoms with van der Waals surface area (Å²) in [6.45, 7) is 1.76. The fourth-order valence-electron chi connectivity index (χ4n) is 2.37. The third kappa shape index (κ3) is 3.18. The van der Waals surface area contributed by atoms with E-state index in [1.807, 2.05) is 6.07 Å². The van der Waals surface area contributed by atoms with Gasteiger partial charge in [-0.05, 0) is 55.0 Å². The van der Waals surface area contributed by atoms with Crippen LogP contribution in [0.1, 0.15) is 11.3 Å². The van der Waals surface area contributed by atoms with Crippen LogP contribution in [0.4, 0.5) is 4.39 Å². The summed E-state index contributed by atoms with van der Waals surface area (Å²) in [7, 11) is 0. The van der Waals surface area contributed by atoms with Crippen LogP contribution in [0.5, 0.6) is 11.5 Å². The van der Waals surface area contributed by atoms with E-state index in [-0.39, 0.29) is 11.4 Å². The van der Waals surface area contributed by atoms with Crippen molar-refractivity contribution in [2.45, 2.75) is 6.92 Å². The van der Waals surface area contributed by atoms with Crippen molar-refractivity contribution in [1.82, 2.24) is 4.98 Å². The molecule has 0 unspecified atom stereocenters. The molecular formula is C19H13FN2O2. The first-order chi connectivity index (χ1) is 11.6. The topological polar surface area (TPSA) is 65.9 Å². The molecular weight excluding hydrogens is 307 g/mol. The zero-order valence-electron chi connectivity index (χ0n) is 12.8. The largest absolute Gasteiger partial charge is 0.457 e. The van der Waals surface area contributed by atoms with E-state index >= 15 is 0 Å². The van der Waals surface area contributed by atoms with Gasteiger partial charge < -0.3 is 9.72 Å². The van der Waals surface area contributed by atoms with Gasteiger partial charge in [-0.3, -0.25) is 4.79 Å². The summed E-state index contributed by atoms with van der Waals surface area (Å²) in [6, 6.07) is 16.4. The second-order valence-electron chi connectivity index (χ2n) is 5.26. The maximum atomic E-state index is 12.9. The fraction of sp³-hybridized carbons (Fsp3) is 0.0526. The quantitative estimate of drug-likeness (QED) is 0.788. The lowest BCUT2D eigenvalue weighted by Crippen LogP contribution is -2.12. The monoisotopic (exact) mass is 320 g/mol. The molecule has 0 amide bonds. The highest BCUT2D eigenvalue weighted by molar-refractivity contribution is 5.70. The standard InChI is InChI=1S/C19H13FN2O2/c1-12-10-17(18(11-21)19(23)22-12)13-2-6-15(7-3-13)24-16-8-4-14(20)5-9-16/h2-10H,1H3,(H,22,23). The van der Waals surface area contributed by atoms with Crippen LogP contribution in [0, 0.1) is 24.1 Å². The van der Waals surface area contributed by atoms with Gasteiger partial charge in [0.25, 0.3) is 5.56 Å². The van der Waals surface area contributed by atoms with Gasteiger partial charge in [-0.2, -0.15) is 5.26 Å². The van der Waals surface area contributed by atoms with Gasteiger partial charge in [0.1, 0.15) is 28.9 Å². The van der Waals surface area contributed by atoms with Gasteiger partial charge in [0, 0.05) is 11.3 Å². The lowest BCUT2D eigenvalue weighted by molar-refractivity contribution is 0.480. The Balaban J connectivity index is 1.92. The fourth-order valence-corrected chi connectivity index (χ4v) is 2.37. The Kier molecular flexibility index (Phi) is 4.13. The van der Waals surface area contributed by atoms with Crippen LogP contribution in [-0.4, -0.2) is 4.98 Å². The zero-order chi connectivity index (χ0) is 17.1. The van der Waals surface area contributed by atoms with Gasteiger partial charge in [-0.1, -0.05) is 12.1 Å². The van der Waals surface area contributed by atoms with Crippen LogP contribution in [0.3, 0.4) is 0 Å². The number of rotatable bonds is 3. The van der Waals surface area contributed by atoms with E-state index in [0.29, 0.717) is 22.8 Å². The maximum absolute atomic E-state index is 12.9. The van der Waals surface area contributed by atoms with Crippen molar-refractivity contribution in [2.75, 3.05) is 0 Å². The van der Waals surface area contributed by atoms with Crippen molar-refractivity contribution in [3.63, 3.8) is 0 Å². The number of aromatic nitrogens is 1. The first kappa shape index (κ1) is 15.5. The third-order valence-corrected chi connectivity index (χ3v) is 3.49. The molecule has 0 aliphatic rings. The van der Waals surface area contributed by atoms with Crippen molar-refractivity contribution in [2.24, 2.45) is 0 Å². The van der Waals surface area contributed by atoms with Crippen molar-refractivity contribution in [3.05, 3.63) is 82.0 Å². The number of nitrogens with one attached hydrogen (secondary N) is 1. The minimum absolute atomic E-state index is 0.0767. The summed E-state index contributed by atoms with van der Waals surface area (Å²) in [6.07, 6.45) is 0.